The molecule has 21 heteroatoms. The molecule has 0 aromatic carbocycles. The van der Waals surface area contributed by atoms with Crippen LogP contribution in [0.3, 0.4) is 0 Å². The van der Waals surface area contributed by atoms with Crippen molar-refractivity contribution in [2.75, 3.05) is 78.2 Å². The fraction of sp³-hybridized carbons (Fsp3) is 0.846. The average molecular weight is 991 g/mol. The molecule has 60 heavy (non-hydrogen) atoms. The van der Waals surface area contributed by atoms with Crippen LogP contribution < -0.4 is 35.8 Å². The number of hydrogen-bond donors (Lipinski definition) is 7. The summed E-state index contributed by atoms with van der Waals surface area (Å²) < 4.78 is 50.8. The molecule has 0 bridgehead atoms. The second-order valence-electron chi connectivity index (χ2n) is 14.4. The third-order valence-electron chi connectivity index (χ3n) is 9.00. The van der Waals surface area contributed by atoms with Crippen LogP contribution in [0.5, 0.6) is 0 Å². The first-order valence-corrected chi connectivity index (χ1v) is 24.2. The van der Waals surface area contributed by atoms with Crippen LogP contribution >= 0.6 is 22.9 Å². The summed E-state index contributed by atoms with van der Waals surface area (Å²) in [5.74, 6) is 3.96. The molecule has 0 heterocycles. The van der Waals surface area contributed by atoms with Gasteiger partial charge in [-0.1, -0.05) is 70.6 Å². The zero-order valence-electron chi connectivity index (χ0n) is 35.7. The first-order valence-electron chi connectivity index (χ1n) is 21.5. The van der Waals surface area contributed by atoms with Gasteiger partial charge in [0.25, 0.3) is 0 Å². The lowest BCUT2D eigenvalue weighted by molar-refractivity contribution is -0.127. The van der Waals surface area contributed by atoms with E-state index in [1.54, 1.807) is 0 Å². The lowest BCUT2D eigenvalue weighted by atomic mass is 10.0. The van der Waals surface area contributed by atoms with E-state index in [2.05, 4.69) is 29.3 Å². The summed E-state index contributed by atoms with van der Waals surface area (Å²) in [7, 11) is -3.80. The van der Waals surface area contributed by atoms with Crippen LogP contribution in [0.25, 0.3) is 0 Å². The first kappa shape index (κ1) is 57.3. The van der Waals surface area contributed by atoms with Crippen LogP contribution in [0.15, 0.2) is 5.10 Å². The van der Waals surface area contributed by atoms with Crippen LogP contribution in [0.1, 0.15) is 128 Å². The number of amidine groups is 1. The van der Waals surface area contributed by atoms with Gasteiger partial charge in [-0.3, -0.25) is 27.4 Å². The Morgan fingerprint density at radius 3 is 1.52 bits per heavy atom. The van der Waals surface area contributed by atoms with Gasteiger partial charge in [0, 0.05) is 61.8 Å². The van der Waals surface area contributed by atoms with Gasteiger partial charge in [0.2, 0.25) is 33.7 Å². The van der Waals surface area contributed by atoms with E-state index >= 15 is 0 Å². The molecule has 4 amide bonds. The molecule has 350 valence electrons. The Kier molecular flexibility index (Phi) is 39.8. The molecule has 0 spiro atoms. The summed E-state index contributed by atoms with van der Waals surface area (Å²) >= 11 is 1.94. The number of nitrogens with one attached hydrogen (secondary N) is 5. The van der Waals surface area contributed by atoms with Crippen molar-refractivity contribution in [1.29, 1.82) is 0 Å². The summed E-state index contributed by atoms with van der Waals surface area (Å²) in [6.07, 6.45) is 18.6. The molecule has 0 aromatic heterocycles. The smallest absolute Gasteiger partial charge is 0.246 e. The highest BCUT2D eigenvalue weighted by Gasteiger charge is 2.15. The Balaban J connectivity index is 3.57. The number of hydrogen-bond acceptors (Lipinski definition) is 14. The fourth-order valence-corrected chi connectivity index (χ4v) is 7.18. The van der Waals surface area contributed by atoms with Crippen LogP contribution in [0.2, 0.25) is 0 Å². The van der Waals surface area contributed by atoms with Crippen LogP contribution in [0, 0.1) is 0 Å². The summed E-state index contributed by atoms with van der Waals surface area (Å²) in [4.78, 5) is 58.6. The van der Waals surface area contributed by atoms with E-state index in [4.69, 9.17) is 30.5 Å². The number of hydrazone groups is 1. The van der Waals surface area contributed by atoms with Crippen LogP contribution in [-0.2, 0) is 52.9 Å². The zero-order valence-corrected chi connectivity index (χ0v) is 38.6. The number of amides is 4. The summed E-state index contributed by atoms with van der Waals surface area (Å²) in [5.41, 5.74) is 5.59. The van der Waals surface area contributed by atoms with Crippen molar-refractivity contribution in [2.45, 2.75) is 134 Å². The lowest BCUT2D eigenvalue weighted by Crippen LogP contribution is -2.33. The number of sulfonamides is 1. The van der Waals surface area contributed by atoms with Gasteiger partial charge in [0.15, 0.2) is 0 Å². The van der Waals surface area contributed by atoms with Gasteiger partial charge in [-0.25, -0.2) is 8.42 Å². The molecule has 0 aliphatic carbocycles. The van der Waals surface area contributed by atoms with Crippen molar-refractivity contribution in [3.63, 3.8) is 0 Å². The second kappa shape index (κ2) is 41.6. The highest BCUT2D eigenvalue weighted by molar-refractivity contribution is 14.1. The molecular weight excluding hydrogens is 915 g/mol. The van der Waals surface area contributed by atoms with E-state index in [9.17, 15) is 32.4 Å². The van der Waals surface area contributed by atoms with Crippen molar-refractivity contribution >= 4 is 68.6 Å². The van der Waals surface area contributed by atoms with Crippen molar-refractivity contribution < 1.29 is 51.3 Å². The van der Waals surface area contributed by atoms with Gasteiger partial charge in [-0.05, 0) is 38.5 Å². The van der Waals surface area contributed by atoms with Gasteiger partial charge in [-0.2, -0.15) is 5.10 Å². The lowest BCUT2D eigenvalue weighted by Gasteiger charge is -2.09. The van der Waals surface area contributed by atoms with Crippen molar-refractivity contribution in [1.82, 2.24) is 24.2 Å². The maximum absolute atomic E-state index is 12.3. The van der Waals surface area contributed by atoms with E-state index in [1.165, 1.54) is 44.9 Å². The molecule has 0 rings (SSSR count). The van der Waals surface area contributed by atoms with Crippen molar-refractivity contribution in [3.8, 4) is 0 Å². The summed E-state index contributed by atoms with van der Waals surface area (Å²) in [6.45, 7) is 2.18. The molecule has 1 atom stereocenters. The highest BCUT2D eigenvalue weighted by Crippen LogP contribution is 2.13. The monoisotopic (exact) mass is 990 g/mol. The van der Waals surface area contributed by atoms with E-state index in [1.807, 2.05) is 22.9 Å². The third kappa shape index (κ3) is 40.7. The molecule has 0 aliphatic heterocycles. The minimum absolute atomic E-state index is 0.00315. The molecule has 9 N–H and O–H groups in total. The van der Waals surface area contributed by atoms with Crippen molar-refractivity contribution in [2.24, 2.45) is 16.7 Å². The Bertz CT molecular complexity index is 1270. The molecular formula is C39H75IN8O11S. The number of unbranched alkanes of at least 4 members (excludes halogenated alkanes) is 13. The topological polar surface area (TPSA) is 281 Å². The Hall–Kier alpha value is -2.70. The Morgan fingerprint density at radius 2 is 1.02 bits per heavy atom. The number of ether oxygens (including phenoxy) is 4. The standard InChI is InChI=1S/C39H75IN8O11S/c40-46-34(31-49)17-14-15-21-43-38(52)32-58-28-27-57-25-23-45-39(53)33-59-29-26-56-24-22-44-36(50)20-16-30-60(54,55)48-37(51)19-13-11-9-7-5-3-1-2-4-6-8-10-12-18-35(41)47-42/h31,34,46H,1-30,32-33,42H2,(H2,41,47)(H,43,52)(H,44,50)(H,45,53)(H,48,51)/t34-/m0/s1. The van der Waals surface area contributed by atoms with E-state index in [0.717, 1.165) is 57.7 Å². The molecule has 0 aromatic rings. The van der Waals surface area contributed by atoms with Gasteiger partial charge < -0.3 is 51.3 Å². The number of aldehydes is 1. The maximum atomic E-state index is 12.3. The molecule has 0 saturated carbocycles. The quantitative estimate of drug-likeness (QED) is 0.00675. The Morgan fingerprint density at radius 1 is 0.567 bits per heavy atom. The molecule has 0 unspecified atom stereocenters. The molecule has 0 aliphatic rings. The zero-order chi connectivity index (χ0) is 44.4. The Labute approximate surface area is 372 Å². The average Bonchev–Trinajstić information content (AvgIpc) is 3.22. The number of halogens is 1. The molecule has 0 fully saturated rings. The van der Waals surface area contributed by atoms with E-state index in [-0.39, 0.29) is 115 Å². The van der Waals surface area contributed by atoms with Gasteiger partial charge in [0.05, 0.1) is 51.4 Å². The molecule has 0 saturated heterocycles. The van der Waals surface area contributed by atoms with Gasteiger partial charge >= 0.3 is 0 Å². The first-order chi connectivity index (χ1) is 29.0. The number of rotatable bonds is 44. The van der Waals surface area contributed by atoms with Gasteiger partial charge in [-0.15, -0.1) is 0 Å². The summed E-state index contributed by atoms with van der Waals surface area (Å²) in [6, 6.07) is -0.172. The van der Waals surface area contributed by atoms with Crippen LogP contribution in [-0.4, -0.2) is 128 Å². The summed E-state index contributed by atoms with van der Waals surface area (Å²) in [5, 5.41) is 11.5. The highest BCUT2D eigenvalue weighted by atomic mass is 127. The van der Waals surface area contributed by atoms with Gasteiger partial charge in [0.1, 0.15) is 25.3 Å². The predicted octanol–water partition coefficient (Wildman–Crippen LogP) is 2.39. The minimum Gasteiger partial charge on any atom is -0.386 e. The van der Waals surface area contributed by atoms with E-state index in [0.29, 0.717) is 25.2 Å². The largest absolute Gasteiger partial charge is 0.386 e. The van der Waals surface area contributed by atoms with Crippen molar-refractivity contribution in [3.05, 3.63) is 0 Å². The molecule has 19 nitrogen and oxygen atoms in total. The third-order valence-corrected chi connectivity index (χ3v) is 11.2. The SMILES string of the molecule is N/N=C(\N)CCCCCCCCCCCCCCCC(=O)NS(=O)(=O)CCCC(=O)NCCOCCOCC(=O)NCCOCCOCC(=O)NCCCC[C@@H](C=O)NI. The normalized spacial score (nSPS) is 12.2. The minimum atomic E-state index is -3.80. The van der Waals surface area contributed by atoms with Crippen LogP contribution in [0.4, 0.5) is 0 Å². The number of nitrogens with zero attached hydrogens (tertiary/aromatic N) is 1. The number of carbonyl (C=O) groups is 5. The number of carbonyl (C=O) groups excluding carboxylic acids is 5. The fourth-order valence-electron chi connectivity index (χ4n) is 5.65. The predicted molar refractivity (Wildman–Crippen MR) is 239 cm³/mol. The molecule has 0 radical (unpaired) electrons. The maximum Gasteiger partial charge on any atom is 0.246 e. The van der Waals surface area contributed by atoms with E-state index < -0.39 is 15.9 Å². The second-order valence-corrected chi connectivity index (χ2v) is 16.9. The number of nitrogens with two attached hydrogens (primary N) is 2.